The first-order valence-corrected chi connectivity index (χ1v) is 10.0. The fourth-order valence-electron chi connectivity index (χ4n) is 2.04. The molecule has 0 aliphatic heterocycles. The van der Waals surface area contributed by atoms with Crippen molar-refractivity contribution in [3.8, 4) is 11.5 Å². The van der Waals surface area contributed by atoms with Crippen molar-refractivity contribution in [2.45, 2.75) is 31.6 Å². The maximum Gasteiger partial charge on any atom is 0.262 e. The highest BCUT2D eigenvalue weighted by Gasteiger charge is 2.18. The molecule has 0 amide bonds. The molecule has 0 bridgehead atoms. The van der Waals surface area contributed by atoms with E-state index in [-0.39, 0.29) is 4.90 Å². The van der Waals surface area contributed by atoms with Crippen molar-refractivity contribution in [2.24, 2.45) is 0 Å². The molecule has 0 heterocycles. The summed E-state index contributed by atoms with van der Waals surface area (Å²) in [5, 5.41) is 0.538. The minimum Gasteiger partial charge on any atom is -0.490 e. The lowest BCUT2D eigenvalue weighted by Gasteiger charge is -2.14. The molecule has 25 heavy (non-hydrogen) atoms. The van der Waals surface area contributed by atoms with Gasteiger partial charge < -0.3 is 9.47 Å². The monoisotopic (exact) mass is 383 g/mol. The van der Waals surface area contributed by atoms with Gasteiger partial charge in [0.1, 0.15) is 0 Å². The summed E-state index contributed by atoms with van der Waals surface area (Å²) in [6, 6.07) is 11.1. The van der Waals surface area contributed by atoms with E-state index in [9.17, 15) is 8.42 Å². The summed E-state index contributed by atoms with van der Waals surface area (Å²) in [6.45, 7) is 5.00. The Morgan fingerprint density at radius 1 is 0.920 bits per heavy atom. The van der Waals surface area contributed by atoms with Crippen LogP contribution >= 0.6 is 11.6 Å². The average molecular weight is 384 g/mol. The number of ether oxygens (including phenoxy) is 2. The molecule has 2 aromatic rings. The second-order valence-electron chi connectivity index (χ2n) is 5.42. The van der Waals surface area contributed by atoms with Crippen LogP contribution < -0.4 is 14.2 Å². The van der Waals surface area contributed by atoms with Crippen LogP contribution in [0.4, 0.5) is 5.69 Å². The van der Waals surface area contributed by atoms with Gasteiger partial charge in [-0.2, -0.15) is 0 Å². The number of hydrogen-bond donors (Lipinski definition) is 1. The molecule has 0 radical (unpaired) electrons. The predicted molar refractivity (Wildman–Crippen MR) is 100 cm³/mol. The summed E-state index contributed by atoms with van der Waals surface area (Å²) >= 11 is 5.82. The summed E-state index contributed by atoms with van der Waals surface area (Å²) in [6.07, 6.45) is 1.67. The molecular weight excluding hydrogens is 362 g/mol. The average Bonchev–Trinajstić information content (AvgIpc) is 2.60. The minimum atomic E-state index is -3.74. The highest BCUT2D eigenvalue weighted by molar-refractivity contribution is 7.92. The van der Waals surface area contributed by atoms with Crippen molar-refractivity contribution < 1.29 is 17.9 Å². The van der Waals surface area contributed by atoms with Gasteiger partial charge >= 0.3 is 0 Å². The SMILES string of the molecule is CCCOc1ccc(S(=O)(=O)Nc2ccc(Cl)cc2)cc1OCCC. The van der Waals surface area contributed by atoms with Crippen molar-refractivity contribution in [3.63, 3.8) is 0 Å². The van der Waals surface area contributed by atoms with E-state index >= 15 is 0 Å². The molecule has 0 aliphatic carbocycles. The summed E-state index contributed by atoms with van der Waals surface area (Å²) in [5.74, 6) is 0.968. The van der Waals surface area contributed by atoms with Crippen LogP contribution in [-0.4, -0.2) is 21.6 Å². The molecule has 0 fully saturated rings. The molecule has 7 heteroatoms. The highest BCUT2D eigenvalue weighted by Crippen LogP contribution is 2.31. The first kappa shape index (κ1) is 19.4. The van der Waals surface area contributed by atoms with Gasteiger partial charge in [0.25, 0.3) is 10.0 Å². The van der Waals surface area contributed by atoms with Gasteiger partial charge in [-0.1, -0.05) is 25.4 Å². The zero-order chi connectivity index (χ0) is 18.3. The number of halogens is 1. The molecule has 0 saturated heterocycles. The first-order valence-electron chi connectivity index (χ1n) is 8.14. The Hall–Kier alpha value is -1.92. The summed E-state index contributed by atoms with van der Waals surface area (Å²) in [5.41, 5.74) is 0.437. The largest absolute Gasteiger partial charge is 0.490 e. The van der Waals surface area contributed by atoms with Crippen molar-refractivity contribution in [1.29, 1.82) is 0 Å². The van der Waals surface area contributed by atoms with Gasteiger partial charge in [-0.05, 0) is 49.2 Å². The van der Waals surface area contributed by atoms with Crippen molar-refractivity contribution in [3.05, 3.63) is 47.5 Å². The van der Waals surface area contributed by atoms with Crippen LogP contribution in [0.1, 0.15) is 26.7 Å². The standard InChI is InChI=1S/C18H22ClNO4S/c1-3-11-23-17-10-9-16(13-18(17)24-12-4-2)25(21,22)20-15-7-5-14(19)6-8-15/h5-10,13,20H,3-4,11-12H2,1-2H3. The lowest BCUT2D eigenvalue weighted by atomic mass is 10.3. The molecule has 0 aromatic heterocycles. The van der Waals surface area contributed by atoms with Crippen LogP contribution in [0.5, 0.6) is 11.5 Å². The molecule has 0 saturated carbocycles. The molecule has 136 valence electrons. The lowest BCUT2D eigenvalue weighted by Crippen LogP contribution is -2.13. The van der Waals surface area contributed by atoms with Crippen LogP contribution in [0.25, 0.3) is 0 Å². The summed E-state index contributed by atoms with van der Waals surface area (Å²) < 4.78 is 39.0. The Morgan fingerprint density at radius 2 is 1.52 bits per heavy atom. The van der Waals surface area contributed by atoms with E-state index in [1.807, 2.05) is 13.8 Å². The third-order valence-electron chi connectivity index (χ3n) is 3.25. The van der Waals surface area contributed by atoms with E-state index in [4.69, 9.17) is 21.1 Å². The molecule has 2 aromatic carbocycles. The molecule has 5 nitrogen and oxygen atoms in total. The van der Waals surface area contributed by atoms with Crippen molar-refractivity contribution in [2.75, 3.05) is 17.9 Å². The van der Waals surface area contributed by atoms with Crippen LogP contribution in [0.2, 0.25) is 5.02 Å². The van der Waals surface area contributed by atoms with Crippen LogP contribution in [0.15, 0.2) is 47.4 Å². The second-order valence-corrected chi connectivity index (χ2v) is 7.54. The van der Waals surface area contributed by atoms with Gasteiger partial charge in [-0.25, -0.2) is 8.42 Å². The van der Waals surface area contributed by atoms with Crippen molar-refractivity contribution in [1.82, 2.24) is 0 Å². The fourth-order valence-corrected chi connectivity index (χ4v) is 3.24. The maximum absolute atomic E-state index is 12.6. The van der Waals surface area contributed by atoms with E-state index in [1.165, 1.54) is 12.1 Å². The topological polar surface area (TPSA) is 64.6 Å². The van der Waals surface area contributed by atoms with Gasteiger partial charge in [-0.3, -0.25) is 4.72 Å². The third kappa shape index (κ3) is 5.54. The van der Waals surface area contributed by atoms with E-state index in [0.29, 0.717) is 35.4 Å². The zero-order valence-corrected chi connectivity index (χ0v) is 15.9. The van der Waals surface area contributed by atoms with Gasteiger partial charge in [-0.15, -0.1) is 0 Å². The van der Waals surface area contributed by atoms with E-state index < -0.39 is 10.0 Å². The predicted octanol–water partition coefficient (Wildman–Crippen LogP) is 4.72. The first-order chi connectivity index (χ1) is 12.0. The Morgan fingerprint density at radius 3 is 2.12 bits per heavy atom. The number of nitrogens with one attached hydrogen (secondary N) is 1. The molecular formula is C18H22ClNO4S. The third-order valence-corrected chi connectivity index (χ3v) is 4.88. The van der Waals surface area contributed by atoms with Gasteiger partial charge in [0.05, 0.1) is 18.1 Å². The quantitative estimate of drug-likeness (QED) is 0.680. The Kier molecular flexibility index (Phi) is 6.96. The highest BCUT2D eigenvalue weighted by atomic mass is 35.5. The Labute approximate surface area is 154 Å². The number of benzene rings is 2. The normalized spacial score (nSPS) is 11.2. The van der Waals surface area contributed by atoms with Crippen molar-refractivity contribution >= 4 is 27.3 Å². The molecule has 0 unspecified atom stereocenters. The van der Waals surface area contributed by atoms with Crippen LogP contribution in [0, 0.1) is 0 Å². The number of hydrogen-bond acceptors (Lipinski definition) is 4. The smallest absolute Gasteiger partial charge is 0.262 e. The molecule has 2 rings (SSSR count). The van der Waals surface area contributed by atoms with E-state index in [2.05, 4.69) is 4.72 Å². The molecule has 1 N–H and O–H groups in total. The fraction of sp³-hybridized carbons (Fsp3) is 0.333. The zero-order valence-electron chi connectivity index (χ0n) is 14.3. The van der Waals surface area contributed by atoms with Gasteiger partial charge in [0.2, 0.25) is 0 Å². The number of sulfonamides is 1. The van der Waals surface area contributed by atoms with Gasteiger partial charge in [0, 0.05) is 16.8 Å². The van der Waals surface area contributed by atoms with E-state index in [0.717, 1.165) is 12.8 Å². The Bertz CT molecular complexity index is 791. The summed E-state index contributed by atoms with van der Waals surface area (Å²) in [7, 11) is -3.74. The lowest BCUT2D eigenvalue weighted by molar-refractivity contribution is 0.267. The van der Waals surface area contributed by atoms with Crippen LogP contribution in [-0.2, 0) is 10.0 Å². The minimum absolute atomic E-state index is 0.109. The molecule has 0 spiro atoms. The number of rotatable bonds is 9. The maximum atomic E-state index is 12.6. The molecule has 0 atom stereocenters. The Balaban J connectivity index is 2.27. The number of anilines is 1. The summed E-state index contributed by atoms with van der Waals surface area (Å²) in [4.78, 5) is 0.109. The van der Waals surface area contributed by atoms with E-state index in [1.54, 1.807) is 30.3 Å². The molecule has 0 aliphatic rings. The second kappa shape index (κ2) is 8.97. The van der Waals surface area contributed by atoms with Gasteiger partial charge in [0.15, 0.2) is 11.5 Å². The van der Waals surface area contributed by atoms with Crippen LogP contribution in [0.3, 0.4) is 0 Å².